The second-order valence-electron chi connectivity index (χ2n) is 6.92. The summed E-state index contributed by atoms with van der Waals surface area (Å²) in [5, 5.41) is 4.52. The maximum Gasteiger partial charge on any atom is 0.258 e. The summed E-state index contributed by atoms with van der Waals surface area (Å²) in [6.07, 6.45) is 10.8. The van der Waals surface area contributed by atoms with E-state index in [1.165, 1.54) is 23.6 Å². The van der Waals surface area contributed by atoms with Crippen LogP contribution >= 0.6 is 0 Å². The number of hydrogen-bond acceptors (Lipinski definition) is 6. The Morgan fingerprint density at radius 2 is 1.72 bits per heavy atom. The van der Waals surface area contributed by atoms with Gasteiger partial charge in [0.15, 0.2) is 16.0 Å². The van der Waals surface area contributed by atoms with Gasteiger partial charge in [-0.3, -0.25) is 14.5 Å². The topological polar surface area (TPSA) is 93.0 Å². The molecule has 1 N–H and O–H groups in total. The van der Waals surface area contributed by atoms with Crippen molar-refractivity contribution in [3.8, 4) is 22.4 Å². The van der Waals surface area contributed by atoms with Gasteiger partial charge in [-0.25, -0.2) is 13.9 Å². The van der Waals surface area contributed by atoms with Crippen LogP contribution in [0.5, 0.6) is 0 Å². The molecule has 9 heteroatoms. The minimum atomic E-state index is -1.58. The van der Waals surface area contributed by atoms with Crippen LogP contribution in [0.2, 0.25) is 0 Å². The van der Waals surface area contributed by atoms with E-state index in [1.807, 2.05) is 30.5 Å². The van der Waals surface area contributed by atoms with E-state index in [9.17, 15) is 9.00 Å². The number of aromatic nitrogens is 4. The Kier molecular flexibility index (Phi) is 4.44. The number of pyridine rings is 2. The van der Waals surface area contributed by atoms with Crippen LogP contribution in [-0.2, 0) is 15.8 Å². The van der Waals surface area contributed by atoms with Gasteiger partial charge in [-0.2, -0.15) is 5.10 Å². The first-order valence-corrected chi connectivity index (χ1v) is 10.5. The van der Waals surface area contributed by atoms with Gasteiger partial charge in [-0.1, -0.05) is 6.07 Å². The molecular weight excluding hydrogens is 388 g/mol. The lowest BCUT2D eigenvalue weighted by Gasteiger charge is -2.16. The average Bonchev–Trinajstić information content (AvgIpc) is 3.49. The van der Waals surface area contributed by atoms with Gasteiger partial charge in [0.05, 0.1) is 11.9 Å². The van der Waals surface area contributed by atoms with Crippen LogP contribution in [0.15, 0.2) is 55.1 Å². The Labute approximate surface area is 169 Å². The molecule has 0 radical (unpaired) electrons. The van der Waals surface area contributed by atoms with Crippen molar-refractivity contribution < 1.29 is 9.00 Å². The van der Waals surface area contributed by atoms with Crippen molar-refractivity contribution in [2.24, 2.45) is 0 Å². The van der Waals surface area contributed by atoms with Crippen LogP contribution in [0.25, 0.3) is 27.4 Å². The van der Waals surface area contributed by atoms with Crippen LogP contribution < -0.4 is 9.62 Å². The van der Waals surface area contributed by atoms with Crippen molar-refractivity contribution in [2.45, 2.75) is 12.8 Å². The number of nitrogens with one attached hydrogen (secondary N) is 1. The molecule has 2 aliphatic rings. The van der Waals surface area contributed by atoms with Gasteiger partial charge >= 0.3 is 0 Å². The average molecular weight is 406 g/mol. The van der Waals surface area contributed by atoms with Gasteiger partial charge in [0, 0.05) is 54.4 Å². The fraction of sp³-hybridized carbons (Fsp3) is 0.200. The minimum Gasteiger partial charge on any atom is -0.357 e. The molecule has 3 aromatic rings. The zero-order chi connectivity index (χ0) is 19.8. The maximum atomic E-state index is 11.9. The standard InChI is InChI=1S/C20H18N6O2S/c27-19-9-20(29(28)24-19)26-13-16(12-23-26)14-3-5-17(21-10-14)15-4-6-18(22-11-15)25-7-1-2-8-25/h3-6,9-13H,1-2,7-8H2,(H,24,27). The van der Waals surface area contributed by atoms with Gasteiger partial charge in [-0.15, -0.1) is 0 Å². The quantitative estimate of drug-likeness (QED) is 0.714. The number of carbonyl (C=O) groups excluding carboxylic acids is 1. The Bertz CT molecular complexity index is 1110. The van der Waals surface area contributed by atoms with E-state index in [1.54, 1.807) is 18.6 Å². The van der Waals surface area contributed by atoms with E-state index < -0.39 is 11.0 Å². The Balaban J connectivity index is 1.35. The molecule has 3 aromatic heterocycles. The predicted octanol–water partition coefficient (Wildman–Crippen LogP) is 2.20. The van der Waals surface area contributed by atoms with Gasteiger partial charge in [-0.05, 0) is 31.0 Å². The van der Waals surface area contributed by atoms with Crippen molar-refractivity contribution in [3.05, 3.63) is 55.1 Å². The third-order valence-electron chi connectivity index (χ3n) is 5.02. The Hall–Kier alpha value is -3.33. The summed E-state index contributed by atoms with van der Waals surface area (Å²) in [6.45, 7) is 2.14. The van der Waals surface area contributed by atoms with E-state index in [2.05, 4.69) is 24.7 Å². The highest BCUT2D eigenvalue weighted by molar-refractivity contribution is 7.93. The lowest BCUT2D eigenvalue weighted by molar-refractivity contribution is -0.114. The SMILES string of the molecule is O=C1C=C(n2cc(-c3ccc(-c4ccc(N5CCCC5)nc4)nc3)cn2)S(=O)N1. The Morgan fingerprint density at radius 3 is 2.38 bits per heavy atom. The second-order valence-corrected chi connectivity index (χ2v) is 8.08. The van der Waals surface area contributed by atoms with Crippen LogP contribution in [0.3, 0.4) is 0 Å². The van der Waals surface area contributed by atoms with Crippen molar-refractivity contribution in [2.75, 3.05) is 18.0 Å². The first kappa shape index (κ1) is 17.7. The van der Waals surface area contributed by atoms with Crippen molar-refractivity contribution in [3.63, 3.8) is 0 Å². The maximum absolute atomic E-state index is 11.9. The van der Waals surface area contributed by atoms with Crippen LogP contribution in [-0.4, -0.2) is 43.0 Å². The van der Waals surface area contributed by atoms with Crippen molar-refractivity contribution >= 4 is 27.7 Å². The molecule has 5 heterocycles. The number of carbonyl (C=O) groups is 1. The van der Waals surface area contributed by atoms with Gasteiger partial charge in [0.2, 0.25) is 0 Å². The van der Waals surface area contributed by atoms with Crippen LogP contribution in [0.4, 0.5) is 5.82 Å². The molecule has 29 heavy (non-hydrogen) atoms. The predicted molar refractivity (Wildman–Crippen MR) is 111 cm³/mol. The first-order valence-electron chi connectivity index (χ1n) is 9.34. The molecule has 146 valence electrons. The third kappa shape index (κ3) is 3.44. The molecule has 0 spiro atoms. The summed E-state index contributed by atoms with van der Waals surface area (Å²) in [4.78, 5) is 22.8. The van der Waals surface area contributed by atoms with E-state index in [-0.39, 0.29) is 5.91 Å². The molecule has 0 saturated carbocycles. The summed E-state index contributed by atoms with van der Waals surface area (Å²) >= 11 is 0. The lowest BCUT2D eigenvalue weighted by atomic mass is 10.1. The number of hydrogen-bond donors (Lipinski definition) is 1. The summed E-state index contributed by atoms with van der Waals surface area (Å²) < 4.78 is 15.6. The highest BCUT2D eigenvalue weighted by atomic mass is 32.2. The highest BCUT2D eigenvalue weighted by Gasteiger charge is 2.22. The van der Waals surface area contributed by atoms with Crippen LogP contribution in [0, 0.1) is 0 Å². The largest absolute Gasteiger partial charge is 0.357 e. The molecule has 1 fully saturated rings. The molecule has 1 saturated heterocycles. The third-order valence-corrected chi connectivity index (χ3v) is 6.09. The normalized spacial score (nSPS) is 18.8. The molecule has 5 rings (SSSR count). The molecule has 1 amide bonds. The smallest absolute Gasteiger partial charge is 0.258 e. The van der Waals surface area contributed by atoms with Crippen LogP contribution in [0.1, 0.15) is 12.8 Å². The number of nitrogens with zero attached hydrogens (tertiary/aromatic N) is 5. The van der Waals surface area contributed by atoms with E-state index >= 15 is 0 Å². The van der Waals surface area contributed by atoms with Crippen molar-refractivity contribution in [1.82, 2.24) is 24.5 Å². The number of amides is 1. The summed E-state index contributed by atoms with van der Waals surface area (Å²) in [6, 6.07) is 8.00. The zero-order valence-corrected chi connectivity index (χ0v) is 16.3. The molecule has 0 aliphatic carbocycles. The summed E-state index contributed by atoms with van der Waals surface area (Å²) in [7, 11) is -1.58. The fourth-order valence-electron chi connectivity index (χ4n) is 3.49. The number of rotatable bonds is 4. The van der Waals surface area contributed by atoms with E-state index in [4.69, 9.17) is 0 Å². The van der Waals surface area contributed by atoms with Gasteiger partial charge < -0.3 is 4.90 Å². The summed E-state index contributed by atoms with van der Waals surface area (Å²) in [5.74, 6) is 0.632. The first-order chi connectivity index (χ1) is 14.2. The molecule has 1 unspecified atom stereocenters. The Morgan fingerprint density at radius 1 is 0.931 bits per heavy atom. The zero-order valence-electron chi connectivity index (χ0n) is 15.5. The van der Waals surface area contributed by atoms with E-state index in [0.717, 1.165) is 41.3 Å². The van der Waals surface area contributed by atoms with Gasteiger partial charge in [0.1, 0.15) is 5.82 Å². The molecule has 8 nitrogen and oxygen atoms in total. The fourth-order valence-corrected chi connectivity index (χ4v) is 4.32. The van der Waals surface area contributed by atoms with Crippen molar-refractivity contribution in [1.29, 1.82) is 0 Å². The molecular formula is C20H18N6O2S. The molecule has 0 bridgehead atoms. The lowest BCUT2D eigenvalue weighted by Crippen LogP contribution is -2.18. The molecule has 0 aromatic carbocycles. The second kappa shape index (κ2) is 7.25. The monoisotopic (exact) mass is 406 g/mol. The summed E-state index contributed by atoms with van der Waals surface area (Å²) in [5.41, 5.74) is 3.51. The molecule has 1 atom stereocenters. The van der Waals surface area contributed by atoms with Gasteiger partial charge in [0.25, 0.3) is 5.91 Å². The molecule has 2 aliphatic heterocycles. The van der Waals surface area contributed by atoms with E-state index in [0.29, 0.717) is 5.03 Å². The highest BCUT2D eigenvalue weighted by Crippen LogP contribution is 2.25. The number of anilines is 1. The minimum absolute atomic E-state index is 0.315.